The van der Waals surface area contributed by atoms with Gasteiger partial charge in [-0.15, -0.1) is 0 Å². The van der Waals surface area contributed by atoms with Gasteiger partial charge in [-0.25, -0.2) is 4.39 Å². The summed E-state index contributed by atoms with van der Waals surface area (Å²) in [7, 11) is 0. The molecule has 0 heterocycles. The molecule has 2 rings (SSSR count). The molecule has 1 fully saturated rings. The van der Waals surface area contributed by atoms with Crippen LogP contribution in [0.4, 0.5) is 4.39 Å². The first-order valence-electron chi connectivity index (χ1n) is 6.94. The van der Waals surface area contributed by atoms with Crippen molar-refractivity contribution in [1.82, 2.24) is 0 Å². The van der Waals surface area contributed by atoms with E-state index in [0.29, 0.717) is 17.4 Å². The minimum Gasteiger partial charge on any atom is -0.299 e. The van der Waals surface area contributed by atoms with Gasteiger partial charge in [0.1, 0.15) is 11.6 Å². The topological polar surface area (TPSA) is 17.1 Å². The summed E-state index contributed by atoms with van der Waals surface area (Å²) in [5.41, 5.74) is 0.420. The number of rotatable bonds is 3. The highest BCUT2D eigenvalue weighted by atomic mass is 35.5. The Morgan fingerprint density at radius 3 is 2.74 bits per heavy atom. The molecule has 0 aromatic heterocycles. The SMILES string of the molecule is CC1CCC(C(=O)Cc2cccc(Cl)c2F)CC1C. The molecule has 1 saturated carbocycles. The molecule has 3 unspecified atom stereocenters. The fourth-order valence-corrected chi connectivity index (χ4v) is 3.05. The molecule has 0 N–H and O–H groups in total. The van der Waals surface area contributed by atoms with E-state index in [9.17, 15) is 9.18 Å². The third-order valence-corrected chi connectivity index (χ3v) is 4.74. The zero-order valence-corrected chi connectivity index (χ0v) is 12.2. The Balaban J connectivity index is 2.03. The van der Waals surface area contributed by atoms with E-state index in [2.05, 4.69) is 13.8 Å². The van der Waals surface area contributed by atoms with Crippen LogP contribution in [0.2, 0.25) is 5.02 Å². The zero-order chi connectivity index (χ0) is 14.0. The smallest absolute Gasteiger partial charge is 0.145 e. The van der Waals surface area contributed by atoms with Crippen LogP contribution in [0, 0.1) is 23.6 Å². The molecule has 3 atom stereocenters. The summed E-state index contributed by atoms with van der Waals surface area (Å²) in [5.74, 6) is 1.05. The lowest BCUT2D eigenvalue weighted by Crippen LogP contribution is -2.27. The van der Waals surface area contributed by atoms with Gasteiger partial charge in [0.2, 0.25) is 0 Å². The predicted molar refractivity (Wildman–Crippen MR) is 75.8 cm³/mol. The number of carbonyl (C=O) groups excluding carboxylic acids is 1. The van der Waals surface area contributed by atoms with Crippen LogP contribution in [0.25, 0.3) is 0 Å². The van der Waals surface area contributed by atoms with E-state index in [4.69, 9.17) is 11.6 Å². The van der Waals surface area contributed by atoms with Gasteiger partial charge in [0, 0.05) is 12.3 Å². The van der Waals surface area contributed by atoms with E-state index in [1.54, 1.807) is 12.1 Å². The molecule has 1 aromatic rings. The van der Waals surface area contributed by atoms with Crippen LogP contribution in [-0.4, -0.2) is 5.78 Å². The molecular formula is C16H20ClFO. The Morgan fingerprint density at radius 2 is 2.05 bits per heavy atom. The molecule has 104 valence electrons. The molecule has 0 saturated heterocycles. The number of carbonyl (C=O) groups is 1. The van der Waals surface area contributed by atoms with Crippen LogP contribution in [0.5, 0.6) is 0 Å². The van der Waals surface area contributed by atoms with Gasteiger partial charge >= 0.3 is 0 Å². The first kappa shape index (κ1) is 14.5. The summed E-state index contributed by atoms with van der Waals surface area (Å²) < 4.78 is 13.8. The molecule has 1 aliphatic carbocycles. The standard InChI is InChI=1S/C16H20ClFO/c1-10-6-7-12(8-11(10)2)15(19)9-13-4-3-5-14(17)16(13)18/h3-5,10-12H,6-9H2,1-2H3. The Hall–Kier alpha value is -0.890. The lowest BCUT2D eigenvalue weighted by atomic mass is 9.73. The number of hydrogen-bond donors (Lipinski definition) is 0. The molecule has 1 nitrogen and oxygen atoms in total. The van der Waals surface area contributed by atoms with Gasteiger partial charge in [-0.3, -0.25) is 4.79 Å². The molecule has 0 bridgehead atoms. The summed E-state index contributed by atoms with van der Waals surface area (Å²) in [6, 6.07) is 4.85. The van der Waals surface area contributed by atoms with E-state index in [1.165, 1.54) is 6.07 Å². The van der Waals surface area contributed by atoms with E-state index < -0.39 is 5.82 Å². The summed E-state index contributed by atoms with van der Waals surface area (Å²) in [4.78, 5) is 12.3. The maximum atomic E-state index is 13.8. The van der Waals surface area contributed by atoms with Gasteiger partial charge in [-0.05, 0) is 42.7 Å². The van der Waals surface area contributed by atoms with Crippen molar-refractivity contribution in [2.45, 2.75) is 39.5 Å². The van der Waals surface area contributed by atoms with Crippen LogP contribution < -0.4 is 0 Å². The van der Waals surface area contributed by atoms with E-state index in [0.717, 1.165) is 19.3 Å². The van der Waals surface area contributed by atoms with E-state index in [-0.39, 0.29) is 23.1 Å². The normalized spacial score (nSPS) is 27.3. The Kier molecular flexibility index (Phi) is 4.62. The first-order chi connectivity index (χ1) is 8.99. The van der Waals surface area contributed by atoms with Crippen LogP contribution in [0.1, 0.15) is 38.7 Å². The number of hydrogen-bond acceptors (Lipinski definition) is 1. The summed E-state index contributed by atoms with van der Waals surface area (Å²) in [6.07, 6.45) is 3.13. The van der Waals surface area contributed by atoms with Gasteiger partial charge in [0.15, 0.2) is 0 Å². The summed E-state index contributed by atoms with van der Waals surface area (Å²) >= 11 is 5.74. The van der Waals surface area contributed by atoms with Gasteiger partial charge < -0.3 is 0 Å². The Morgan fingerprint density at radius 1 is 1.32 bits per heavy atom. The lowest BCUT2D eigenvalue weighted by molar-refractivity contribution is -0.124. The highest BCUT2D eigenvalue weighted by Gasteiger charge is 2.29. The van der Waals surface area contributed by atoms with Crippen molar-refractivity contribution >= 4 is 17.4 Å². The third-order valence-electron chi connectivity index (χ3n) is 4.45. The van der Waals surface area contributed by atoms with Gasteiger partial charge in [0.05, 0.1) is 5.02 Å². The number of ketones is 1. The van der Waals surface area contributed by atoms with Crippen molar-refractivity contribution in [2.75, 3.05) is 0 Å². The van der Waals surface area contributed by atoms with Crippen molar-refractivity contribution in [2.24, 2.45) is 17.8 Å². The summed E-state index contributed by atoms with van der Waals surface area (Å²) in [6.45, 7) is 4.44. The van der Waals surface area contributed by atoms with Crippen LogP contribution in [0.3, 0.4) is 0 Å². The number of halogens is 2. The fourth-order valence-electron chi connectivity index (χ4n) is 2.86. The highest BCUT2D eigenvalue weighted by Crippen LogP contribution is 2.34. The maximum Gasteiger partial charge on any atom is 0.145 e. The monoisotopic (exact) mass is 282 g/mol. The van der Waals surface area contributed by atoms with Crippen molar-refractivity contribution in [3.8, 4) is 0 Å². The average Bonchev–Trinajstić information content (AvgIpc) is 2.38. The second-order valence-corrected chi connectivity index (χ2v) is 6.23. The number of Topliss-reactive ketones (excluding diaryl/α,β-unsaturated/α-hetero) is 1. The molecule has 0 aliphatic heterocycles. The zero-order valence-electron chi connectivity index (χ0n) is 11.5. The van der Waals surface area contributed by atoms with Gasteiger partial charge in [0.25, 0.3) is 0 Å². The number of benzene rings is 1. The molecule has 0 radical (unpaired) electrons. The van der Waals surface area contributed by atoms with Crippen LogP contribution in [0.15, 0.2) is 18.2 Å². The Bertz CT molecular complexity index is 472. The maximum absolute atomic E-state index is 13.8. The molecule has 0 amide bonds. The lowest BCUT2D eigenvalue weighted by Gasteiger charge is -2.31. The Labute approximate surface area is 119 Å². The van der Waals surface area contributed by atoms with Crippen molar-refractivity contribution in [3.05, 3.63) is 34.6 Å². The van der Waals surface area contributed by atoms with E-state index >= 15 is 0 Å². The molecular weight excluding hydrogens is 263 g/mol. The van der Waals surface area contributed by atoms with Gasteiger partial charge in [-0.2, -0.15) is 0 Å². The minimum atomic E-state index is -0.449. The van der Waals surface area contributed by atoms with Crippen molar-refractivity contribution < 1.29 is 9.18 Å². The largest absolute Gasteiger partial charge is 0.299 e. The molecule has 0 spiro atoms. The van der Waals surface area contributed by atoms with Gasteiger partial charge in [-0.1, -0.05) is 37.6 Å². The molecule has 19 heavy (non-hydrogen) atoms. The van der Waals surface area contributed by atoms with E-state index in [1.807, 2.05) is 0 Å². The molecule has 1 aliphatic rings. The first-order valence-corrected chi connectivity index (χ1v) is 7.32. The third kappa shape index (κ3) is 3.36. The minimum absolute atomic E-state index is 0.0876. The fraction of sp³-hybridized carbons (Fsp3) is 0.562. The van der Waals surface area contributed by atoms with Crippen molar-refractivity contribution in [1.29, 1.82) is 0 Å². The van der Waals surface area contributed by atoms with Crippen LogP contribution in [-0.2, 0) is 11.2 Å². The van der Waals surface area contributed by atoms with Crippen molar-refractivity contribution in [3.63, 3.8) is 0 Å². The summed E-state index contributed by atoms with van der Waals surface area (Å²) in [5, 5.41) is 0.0935. The molecule has 3 heteroatoms. The van der Waals surface area contributed by atoms with Crippen LogP contribution >= 0.6 is 11.6 Å². The second-order valence-electron chi connectivity index (χ2n) is 5.82. The second kappa shape index (κ2) is 6.04. The average molecular weight is 283 g/mol. The molecule has 1 aromatic carbocycles. The quantitative estimate of drug-likeness (QED) is 0.788. The predicted octanol–water partition coefficient (Wildman–Crippen LogP) is 4.66. The highest BCUT2D eigenvalue weighted by molar-refractivity contribution is 6.30.